The van der Waals surface area contributed by atoms with E-state index in [0.29, 0.717) is 53.2 Å². The van der Waals surface area contributed by atoms with Crippen LogP contribution in [0.15, 0.2) is 65.9 Å². The van der Waals surface area contributed by atoms with E-state index in [2.05, 4.69) is 9.88 Å². The molecule has 0 aliphatic carbocycles. The van der Waals surface area contributed by atoms with Gasteiger partial charge in [0.05, 0.1) is 42.5 Å². The number of amides is 1. The number of thiazole rings is 1. The fourth-order valence-electron chi connectivity index (χ4n) is 4.78. The lowest BCUT2D eigenvalue weighted by molar-refractivity contribution is -0.129. The van der Waals surface area contributed by atoms with Crippen molar-refractivity contribution in [1.82, 2.24) is 14.8 Å². The van der Waals surface area contributed by atoms with Crippen molar-refractivity contribution >= 4 is 23.0 Å². The van der Waals surface area contributed by atoms with E-state index >= 15 is 0 Å². The molecule has 5 rings (SSSR count). The number of nitrogens with zero attached hydrogens (tertiary/aromatic N) is 3. The quantitative estimate of drug-likeness (QED) is 0.449. The molecule has 2 aliphatic heterocycles. The van der Waals surface area contributed by atoms with Gasteiger partial charge in [-0.25, -0.2) is 4.98 Å². The monoisotopic (exact) mass is 519 g/mol. The molecule has 0 radical (unpaired) electrons. The number of hydrogen-bond acceptors (Lipinski definition) is 8. The number of aryl methyl sites for hydroxylation is 1. The zero-order valence-corrected chi connectivity index (χ0v) is 21.7. The highest BCUT2D eigenvalue weighted by molar-refractivity contribution is 7.17. The predicted octanol–water partition coefficient (Wildman–Crippen LogP) is 4.04. The van der Waals surface area contributed by atoms with Crippen molar-refractivity contribution in [1.29, 1.82) is 0 Å². The van der Waals surface area contributed by atoms with E-state index < -0.39 is 17.7 Å². The number of aliphatic hydroxyl groups is 1. The average molecular weight is 520 g/mol. The molecular weight excluding hydrogens is 490 g/mol. The minimum Gasteiger partial charge on any atom is -0.503 e. The van der Waals surface area contributed by atoms with E-state index in [4.69, 9.17) is 9.47 Å². The Morgan fingerprint density at radius 1 is 1.14 bits per heavy atom. The van der Waals surface area contributed by atoms with Gasteiger partial charge in [-0.1, -0.05) is 42.5 Å². The van der Waals surface area contributed by atoms with Gasteiger partial charge < -0.3 is 19.5 Å². The molecule has 0 saturated carbocycles. The van der Waals surface area contributed by atoms with Gasteiger partial charge in [-0.15, -0.1) is 11.3 Å². The molecule has 37 heavy (non-hydrogen) atoms. The van der Waals surface area contributed by atoms with Gasteiger partial charge in [0.2, 0.25) is 5.78 Å². The number of ketones is 1. The summed E-state index contributed by atoms with van der Waals surface area (Å²) < 4.78 is 10.8. The first-order chi connectivity index (χ1) is 18.0. The lowest BCUT2D eigenvalue weighted by atomic mass is 9.95. The molecule has 0 unspecified atom stereocenters. The SMILES string of the molecule is COc1cccc([C@H]2C(C(=O)c3sc(-c4ccccc4)nc3C)=C(O)C(=O)N2CCN2CCOCC2)c1. The minimum absolute atomic E-state index is 0.0755. The summed E-state index contributed by atoms with van der Waals surface area (Å²) in [6.45, 7) is 5.60. The summed E-state index contributed by atoms with van der Waals surface area (Å²) in [7, 11) is 1.57. The molecule has 1 aromatic heterocycles. The van der Waals surface area contributed by atoms with Crippen molar-refractivity contribution < 1.29 is 24.2 Å². The number of benzene rings is 2. The Kier molecular flexibility index (Phi) is 7.36. The number of ether oxygens (including phenoxy) is 2. The van der Waals surface area contributed by atoms with Crippen LogP contribution in [0, 0.1) is 6.92 Å². The molecule has 1 N–H and O–H groups in total. The molecule has 1 atom stereocenters. The van der Waals surface area contributed by atoms with Crippen molar-refractivity contribution in [2.24, 2.45) is 0 Å². The minimum atomic E-state index is -0.738. The Bertz CT molecular complexity index is 1330. The number of methoxy groups -OCH3 is 1. The van der Waals surface area contributed by atoms with Crippen LogP contribution in [0.1, 0.15) is 27.0 Å². The highest BCUT2D eigenvalue weighted by Crippen LogP contribution is 2.41. The van der Waals surface area contributed by atoms with Crippen LogP contribution in [0.5, 0.6) is 5.75 Å². The Balaban J connectivity index is 1.51. The second kappa shape index (κ2) is 10.8. The number of Topliss-reactive ketones (excluding diaryl/α,β-unsaturated/α-hetero) is 1. The predicted molar refractivity (Wildman–Crippen MR) is 141 cm³/mol. The normalized spacial score (nSPS) is 18.5. The van der Waals surface area contributed by atoms with Crippen LogP contribution in [0.4, 0.5) is 0 Å². The van der Waals surface area contributed by atoms with Crippen LogP contribution in [0.2, 0.25) is 0 Å². The van der Waals surface area contributed by atoms with Gasteiger partial charge in [-0.2, -0.15) is 0 Å². The van der Waals surface area contributed by atoms with Gasteiger partial charge in [0.1, 0.15) is 10.8 Å². The number of rotatable bonds is 8. The summed E-state index contributed by atoms with van der Waals surface area (Å²) >= 11 is 1.27. The number of morpholine rings is 1. The molecular formula is C28H29N3O5S. The molecule has 1 amide bonds. The van der Waals surface area contributed by atoms with Gasteiger partial charge in [0, 0.05) is 31.7 Å². The van der Waals surface area contributed by atoms with E-state index in [9.17, 15) is 14.7 Å². The lowest BCUT2D eigenvalue weighted by Crippen LogP contribution is -2.43. The summed E-state index contributed by atoms with van der Waals surface area (Å²) in [4.78, 5) is 36.2. The van der Waals surface area contributed by atoms with E-state index in [1.807, 2.05) is 48.5 Å². The third-order valence-corrected chi connectivity index (χ3v) is 7.95. The average Bonchev–Trinajstić information content (AvgIpc) is 3.45. The molecule has 9 heteroatoms. The molecule has 0 bridgehead atoms. The zero-order valence-electron chi connectivity index (χ0n) is 20.8. The highest BCUT2D eigenvalue weighted by atomic mass is 32.1. The number of hydrogen-bond donors (Lipinski definition) is 1. The molecule has 2 aromatic carbocycles. The van der Waals surface area contributed by atoms with Gasteiger partial charge in [0.25, 0.3) is 5.91 Å². The van der Waals surface area contributed by atoms with E-state index in [1.54, 1.807) is 25.0 Å². The van der Waals surface area contributed by atoms with Crippen LogP contribution in [-0.2, 0) is 9.53 Å². The molecule has 8 nitrogen and oxygen atoms in total. The fourth-order valence-corrected chi connectivity index (χ4v) is 5.81. The number of aromatic nitrogens is 1. The second-order valence-electron chi connectivity index (χ2n) is 9.02. The number of aliphatic hydroxyl groups excluding tert-OH is 1. The number of carbonyl (C=O) groups excluding carboxylic acids is 2. The van der Waals surface area contributed by atoms with Crippen LogP contribution >= 0.6 is 11.3 Å². The smallest absolute Gasteiger partial charge is 0.290 e. The molecule has 1 fully saturated rings. The Labute approximate surface area is 219 Å². The lowest BCUT2D eigenvalue weighted by Gasteiger charge is -2.31. The van der Waals surface area contributed by atoms with E-state index in [-0.39, 0.29) is 11.4 Å². The zero-order chi connectivity index (χ0) is 25.9. The first-order valence-electron chi connectivity index (χ1n) is 12.2. The largest absolute Gasteiger partial charge is 0.503 e. The summed E-state index contributed by atoms with van der Waals surface area (Å²) in [5.74, 6) is -0.829. The topological polar surface area (TPSA) is 92.2 Å². The highest BCUT2D eigenvalue weighted by Gasteiger charge is 2.44. The summed E-state index contributed by atoms with van der Waals surface area (Å²) in [5, 5.41) is 11.8. The maximum absolute atomic E-state index is 14.0. The first kappa shape index (κ1) is 25.1. The molecule has 2 aliphatic rings. The molecule has 3 heterocycles. The summed E-state index contributed by atoms with van der Waals surface area (Å²) in [5.41, 5.74) is 2.25. The van der Waals surface area contributed by atoms with Gasteiger partial charge in [-0.05, 0) is 24.6 Å². The molecule has 3 aromatic rings. The van der Waals surface area contributed by atoms with Crippen LogP contribution < -0.4 is 4.74 Å². The van der Waals surface area contributed by atoms with Gasteiger partial charge in [-0.3, -0.25) is 14.5 Å². The Morgan fingerprint density at radius 3 is 2.62 bits per heavy atom. The second-order valence-corrected chi connectivity index (χ2v) is 10.0. The van der Waals surface area contributed by atoms with Crippen LogP contribution in [-0.4, -0.2) is 78.1 Å². The molecule has 192 valence electrons. The maximum atomic E-state index is 14.0. The summed E-state index contributed by atoms with van der Waals surface area (Å²) in [6.07, 6.45) is 0. The van der Waals surface area contributed by atoms with Crippen molar-refractivity contribution in [3.05, 3.63) is 82.1 Å². The van der Waals surface area contributed by atoms with Crippen LogP contribution in [0.3, 0.4) is 0 Å². The third kappa shape index (κ3) is 5.02. The Hall–Kier alpha value is -3.53. The van der Waals surface area contributed by atoms with Crippen molar-refractivity contribution in [3.63, 3.8) is 0 Å². The fraction of sp³-hybridized carbons (Fsp3) is 0.321. The van der Waals surface area contributed by atoms with Gasteiger partial charge in [0.15, 0.2) is 5.76 Å². The standard InChI is InChI=1S/C28H29N3O5S/c1-18-26(37-27(29-18)19-7-4-3-5-8-19)24(32)22-23(20-9-6-10-21(17-20)35-2)31(28(34)25(22)33)12-11-30-13-15-36-16-14-30/h3-10,17,23,33H,11-16H2,1-2H3/t23-/m0/s1. The number of carbonyl (C=O) groups is 2. The van der Waals surface area contributed by atoms with E-state index in [0.717, 1.165) is 18.7 Å². The maximum Gasteiger partial charge on any atom is 0.290 e. The molecule has 1 saturated heterocycles. The van der Waals surface area contributed by atoms with Crippen molar-refractivity contribution in [2.45, 2.75) is 13.0 Å². The summed E-state index contributed by atoms with van der Waals surface area (Å²) in [6, 6.07) is 16.2. The van der Waals surface area contributed by atoms with Crippen LogP contribution in [0.25, 0.3) is 10.6 Å². The van der Waals surface area contributed by atoms with Crippen molar-refractivity contribution in [3.8, 4) is 16.3 Å². The third-order valence-electron chi connectivity index (χ3n) is 6.74. The van der Waals surface area contributed by atoms with Crippen molar-refractivity contribution in [2.75, 3.05) is 46.5 Å². The first-order valence-corrected chi connectivity index (χ1v) is 13.0. The van der Waals surface area contributed by atoms with Gasteiger partial charge >= 0.3 is 0 Å². The Morgan fingerprint density at radius 2 is 1.89 bits per heavy atom. The van der Waals surface area contributed by atoms with E-state index in [1.165, 1.54) is 11.3 Å². The molecule has 0 spiro atoms.